The van der Waals surface area contributed by atoms with Gasteiger partial charge in [0.25, 0.3) is 0 Å². The molecule has 0 atom stereocenters. The molecule has 3 rings (SSSR count). The van der Waals surface area contributed by atoms with Crippen LogP contribution in [0.3, 0.4) is 0 Å². The molecular formula is C33H38N2O6. The lowest BCUT2D eigenvalue weighted by Gasteiger charge is -2.09. The minimum Gasteiger partial charge on any atom is -0.494 e. The van der Waals surface area contributed by atoms with E-state index >= 15 is 0 Å². The Kier molecular flexibility index (Phi) is 12.7. The van der Waals surface area contributed by atoms with Gasteiger partial charge in [0.2, 0.25) is 0 Å². The van der Waals surface area contributed by atoms with Crippen molar-refractivity contribution < 1.29 is 28.6 Å². The number of ketones is 1. The fourth-order valence-corrected chi connectivity index (χ4v) is 3.86. The fourth-order valence-electron chi connectivity index (χ4n) is 3.86. The van der Waals surface area contributed by atoms with Crippen LogP contribution < -0.4 is 9.47 Å². The smallest absolute Gasteiger partial charge is 0.343 e. The van der Waals surface area contributed by atoms with Gasteiger partial charge in [-0.1, -0.05) is 46.0 Å². The summed E-state index contributed by atoms with van der Waals surface area (Å²) in [6.07, 6.45) is 7.57. The second kappa shape index (κ2) is 16.7. The number of rotatable bonds is 16. The summed E-state index contributed by atoms with van der Waals surface area (Å²) in [5.41, 5.74) is 1.89. The van der Waals surface area contributed by atoms with E-state index in [0.717, 1.165) is 25.7 Å². The number of unbranched alkanes of at least 4 members (excludes halogenated alkanes) is 5. The highest BCUT2D eigenvalue weighted by Gasteiger charge is 2.14. The Morgan fingerprint density at radius 1 is 0.659 bits per heavy atom. The van der Waals surface area contributed by atoms with Gasteiger partial charge < -0.3 is 14.2 Å². The molecule has 0 N–H and O–H groups in total. The van der Waals surface area contributed by atoms with Crippen LogP contribution in [0.5, 0.6) is 11.5 Å². The first-order valence-electron chi connectivity index (χ1n) is 14.2. The Hall–Kier alpha value is -4.33. The van der Waals surface area contributed by atoms with Crippen LogP contribution in [0, 0.1) is 0 Å². The van der Waals surface area contributed by atoms with Crippen LogP contribution in [0.25, 0.3) is 0 Å². The molecule has 41 heavy (non-hydrogen) atoms. The molecule has 3 aromatic rings. The third-order valence-electron chi connectivity index (χ3n) is 6.27. The number of benzene rings is 3. The molecule has 0 unspecified atom stereocenters. The van der Waals surface area contributed by atoms with Gasteiger partial charge in [-0.3, -0.25) is 4.79 Å². The molecule has 0 aliphatic heterocycles. The average molecular weight is 559 g/mol. The first-order valence-corrected chi connectivity index (χ1v) is 14.2. The minimum atomic E-state index is -0.548. The molecule has 0 fully saturated rings. The predicted octanol–water partition coefficient (Wildman–Crippen LogP) is 8.83. The SMILES string of the molecule is CCCCCCCOc1ccc(C(=O)Oc2ccc(N=Nc3ccc(C(=O)OCCCC)cc3)c(C(C)=O)c2)cc1. The number of hydrogen-bond donors (Lipinski definition) is 0. The summed E-state index contributed by atoms with van der Waals surface area (Å²) in [5.74, 6) is -0.264. The fraction of sp³-hybridized carbons (Fsp3) is 0.364. The van der Waals surface area contributed by atoms with E-state index in [9.17, 15) is 14.4 Å². The monoisotopic (exact) mass is 558 g/mol. The van der Waals surface area contributed by atoms with Crippen molar-refractivity contribution in [3.05, 3.63) is 83.4 Å². The maximum Gasteiger partial charge on any atom is 0.343 e. The Morgan fingerprint density at radius 2 is 1.29 bits per heavy atom. The van der Waals surface area contributed by atoms with E-state index in [4.69, 9.17) is 14.2 Å². The quantitative estimate of drug-likeness (QED) is 0.0572. The molecule has 216 valence electrons. The van der Waals surface area contributed by atoms with Crippen molar-refractivity contribution in [1.29, 1.82) is 0 Å². The van der Waals surface area contributed by atoms with Gasteiger partial charge in [-0.15, -0.1) is 5.11 Å². The van der Waals surface area contributed by atoms with E-state index in [-0.39, 0.29) is 23.1 Å². The van der Waals surface area contributed by atoms with Crippen LogP contribution in [-0.2, 0) is 4.74 Å². The minimum absolute atomic E-state index is 0.220. The van der Waals surface area contributed by atoms with Gasteiger partial charge in [-0.2, -0.15) is 5.11 Å². The molecule has 8 nitrogen and oxygen atoms in total. The number of nitrogens with zero attached hydrogens (tertiary/aromatic N) is 2. The lowest BCUT2D eigenvalue weighted by molar-refractivity contribution is 0.0499. The highest BCUT2D eigenvalue weighted by atomic mass is 16.5. The summed E-state index contributed by atoms with van der Waals surface area (Å²) in [6, 6.07) is 17.9. The first kappa shape index (κ1) is 31.2. The zero-order valence-corrected chi connectivity index (χ0v) is 24.1. The van der Waals surface area contributed by atoms with Crippen LogP contribution in [0.2, 0.25) is 0 Å². The van der Waals surface area contributed by atoms with Crippen LogP contribution in [-0.4, -0.2) is 30.9 Å². The van der Waals surface area contributed by atoms with Crippen molar-refractivity contribution in [3.63, 3.8) is 0 Å². The summed E-state index contributed by atoms with van der Waals surface area (Å²) < 4.78 is 16.5. The Morgan fingerprint density at radius 3 is 1.98 bits per heavy atom. The van der Waals surface area contributed by atoms with E-state index < -0.39 is 5.97 Å². The molecule has 0 bridgehead atoms. The molecule has 0 aliphatic carbocycles. The van der Waals surface area contributed by atoms with Gasteiger partial charge >= 0.3 is 11.9 Å². The van der Waals surface area contributed by atoms with Crippen LogP contribution in [0.1, 0.15) is 96.8 Å². The van der Waals surface area contributed by atoms with Gasteiger partial charge in [0.1, 0.15) is 11.5 Å². The van der Waals surface area contributed by atoms with Gasteiger partial charge in [-0.05, 0) is 86.5 Å². The van der Waals surface area contributed by atoms with Crippen LogP contribution in [0.15, 0.2) is 77.0 Å². The van der Waals surface area contributed by atoms with Crippen molar-refractivity contribution >= 4 is 29.1 Å². The van der Waals surface area contributed by atoms with Crippen molar-refractivity contribution in [1.82, 2.24) is 0 Å². The maximum absolute atomic E-state index is 12.7. The second-order valence-electron chi connectivity index (χ2n) is 9.65. The second-order valence-corrected chi connectivity index (χ2v) is 9.65. The number of carbonyl (C=O) groups excluding carboxylic acids is 3. The summed E-state index contributed by atoms with van der Waals surface area (Å²) in [6.45, 7) is 6.65. The van der Waals surface area contributed by atoms with E-state index in [1.54, 1.807) is 60.7 Å². The highest BCUT2D eigenvalue weighted by molar-refractivity contribution is 5.99. The van der Waals surface area contributed by atoms with Gasteiger partial charge in [0.15, 0.2) is 5.78 Å². The van der Waals surface area contributed by atoms with Crippen LogP contribution >= 0.6 is 0 Å². The summed E-state index contributed by atoms with van der Waals surface area (Å²) in [5, 5.41) is 8.38. The summed E-state index contributed by atoms with van der Waals surface area (Å²) in [7, 11) is 0. The zero-order valence-electron chi connectivity index (χ0n) is 24.1. The van der Waals surface area contributed by atoms with E-state index in [1.807, 2.05) is 6.92 Å². The number of carbonyl (C=O) groups is 3. The normalized spacial score (nSPS) is 10.9. The summed E-state index contributed by atoms with van der Waals surface area (Å²) >= 11 is 0. The van der Waals surface area contributed by atoms with Gasteiger partial charge in [0, 0.05) is 5.56 Å². The topological polar surface area (TPSA) is 104 Å². The van der Waals surface area contributed by atoms with Crippen molar-refractivity contribution in [2.75, 3.05) is 13.2 Å². The number of hydrogen-bond acceptors (Lipinski definition) is 8. The third kappa shape index (κ3) is 10.3. The molecule has 0 spiro atoms. The third-order valence-corrected chi connectivity index (χ3v) is 6.27. The van der Waals surface area contributed by atoms with Crippen LogP contribution in [0.4, 0.5) is 11.4 Å². The highest BCUT2D eigenvalue weighted by Crippen LogP contribution is 2.28. The molecule has 0 radical (unpaired) electrons. The largest absolute Gasteiger partial charge is 0.494 e. The lowest BCUT2D eigenvalue weighted by Crippen LogP contribution is -2.09. The number of Topliss-reactive ketones (excluding diaryl/α,β-unsaturated/α-hetero) is 1. The first-order chi connectivity index (χ1) is 19.9. The van der Waals surface area contributed by atoms with Gasteiger partial charge in [-0.25, -0.2) is 9.59 Å². The van der Waals surface area contributed by atoms with E-state index in [2.05, 4.69) is 17.2 Å². The molecule has 0 aliphatic rings. The predicted molar refractivity (Wildman–Crippen MR) is 158 cm³/mol. The average Bonchev–Trinajstić information content (AvgIpc) is 2.98. The standard InChI is InChI=1S/C33H38N2O6/c1-4-6-8-9-10-22-39-28-17-13-26(14-18-28)33(38)41-29-19-20-31(30(23-29)24(3)36)35-34-27-15-11-25(12-16-27)32(37)40-21-7-5-2/h11-20,23H,4-10,21-22H2,1-3H3. The Balaban J connectivity index is 1.59. The number of ether oxygens (including phenoxy) is 3. The van der Waals surface area contributed by atoms with Crippen molar-refractivity contribution in [2.24, 2.45) is 10.2 Å². The van der Waals surface area contributed by atoms with E-state index in [0.29, 0.717) is 41.5 Å². The molecule has 0 saturated carbocycles. The number of esters is 2. The zero-order chi connectivity index (χ0) is 29.5. The molecule has 3 aromatic carbocycles. The van der Waals surface area contributed by atoms with Crippen molar-refractivity contribution in [2.45, 2.75) is 65.7 Å². The lowest BCUT2D eigenvalue weighted by atomic mass is 10.1. The number of azo groups is 1. The molecule has 0 heterocycles. The molecule has 0 aromatic heterocycles. The maximum atomic E-state index is 12.7. The summed E-state index contributed by atoms with van der Waals surface area (Å²) in [4.78, 5) is 37.1. The Labute approximate surface area is 241 Å². The van der Waals surface area contributed by atoms with Gasteiger partial charge in [0.05, 0.1) is 35.7 Å². The van der Waals surface area contributed by atoms with E-state index in [1.165, 1.54) is 32.3 Å². The molecule has 0 saturated heterocycles. The van der Waals surface area contributed by atoms with Crippen molar-refractivity contribution in [3.8, 4) is 11.5 Å². The molecule has 8 heteroatoms. The molecular weight excluding hydrogens is 520 g/mol. The molecule has 0 amide bonds. The Bertz CT molecular complexity index is 1320.